The fourth-order valence-corrected chi connectivity index (χ4v) is 0. The van der Waals surface area contributed by atoms with Crippen LogP contribution in [0.25, 0.3) is 0 Å². The maximum Gasteiger partial charge on any atom is 0.363 e. The van der Waals surface area contributed by atoms with Crippen LogP contribution in [0.4, 0.5) is 0 Å². The van der Waals surface area contributed by atoms with Crippen LogP contribution < -0.4 is 22.8 Å². The van der Waals surface area contributed by atoms with Crippen LogP contribution in [0, 0.1) is 0 Å². The van der Waals surface area contributed by atoms with Gasteiger partial charge in [0.05, 0.1) is 0 Å². The fourth-order valence-electron chi connectivity index (χ4n) is 0. The predicted octanol–water partition coefficient (Wildman–Crippen LogP) is -2.05. The third-order valence-electron chi connectivity index (χ3n) is 0.0577. The SMILES string of the molecule is [N][N+]NN. The highest BCUT2D eigenvalue weighted by molar-refractivity contribution is 3.79. The third-order valence-corrected chi connectivity index (χ3v) is 0.0577. The first-order valence-electron chi connectivity index (χ1n) is 0.712. The summed E-state index contributed by atoms with van der Waals surface area (Å²) in [5.41, 5.74) is 3.88. The zero-order valence-corrected chi connectivity index (χ0v) is 1.97. The number of nitrogens with two attached hydrogens (primary N) is 1. The van der Waals surface area contributed by atoms with Gasteiger partial charge < -0.3 is 0 Å². The van der Waals surface area contributed by atoms with Gasteiger partial charge in [0, 0.05) is 5.53 Å². The fraction of sp³-hybridized carbons (Fsp3) is 0. The molecule has 0 rings (SSSR count). The molecule has 22 valence electrons. The predicted molar refractivity (Wildman–Crippen MR) is 11.6 cm³/mol. The number of hydrogen-bond donors (Lipinski definition) is 2. The van der Waals surface area contributed by atoms with Gasteiger partial charge in [-0.2, -0.15) is 0 Å². The van der Waals surface area contributed by atoms with E-state index in [1.54, 1.807) is 5.53 Å². The molecule has 0 aromatic rings. The van der Waals surface area contributed by atoms with Crippen LogP contribution in [0.3, 0.4) is 0 Å². The van der Waals surface area contributed by atoms with Crippen LogP contribution in [0.15, 0.2) is 0 Å². The Kier molecular flexibility index (Phi) is 2.73. The van der Waals surface area contributed by atoms with E-state index >= 15 is 0 Å². The molecule has 4 heavy (non-hydrogen) atoms. The average Bonchev–Trinajstić information content (AvgIpc) is 1.37. The zero-order chi connectivity index (χ0) is 3.41. The Balaban J connectivity index is 1.97. The molecule has 3 N–H and O–H groups in total. The summed E-state index contributed by atoms with van der Waals surface area (Å²) in [6.07, 6.45) is 0. The van der Waals surface area contributed by atoms with E-state index in [4.69, 9.17) is 5.84 Å². The van der Waals surface area contributed by atoms with Crippen molar-refractivity contribution < 1.29 is 0 Å². The van der Waals surface area contributed by atoms with E-state index in [-0.39, 0.29) is 0 Å². The van der Waals surface area contributed by atoms with E-state index in [9.17, 15) is 0 Å². The molecule has 0 aromatic heterocycles. The van der Waals surface area contributed by atoms with Crippen molar-refractivity contribution in [2.75, 3.05) is 0 Å². The van der Waals surface area contributed by atoms with Gasteiger partial charge >= 0.3 is 5.53 Å². The molecule has 0 heterocycles. The summed E-state index contributed by atoms with van der Waals surface area (Å²) in [5.74, 6) is 11.6. The minimum Gasteiger partial charge on any atom is -0.214 e. The Hall–Kier alpha value is -0.160. The smallest absolute Gasteiger partial charge is 0.214 e. The topological polar surface area (TPSA) is 74.5 Å². The van der Waals surface area contributed by atoms with Crippen LogP contribution in [0.1, 0.15) is 0 Å². The van der Waals surface area contributed by atoms with Crippen LogP contribution in [-0.2, 0) is 0 Å². The van der Waals surface area contributed by atoms with Crippen LogP contribution in [0.2, 0.25) is 0 Å². The standard InChI is InChI=1S/H3N4/c1-3-4-2/h3H,1H2/q+1. The molecule has 0 atom stereocenters. The number of nitrogens with one attached hydrogen (secondary N) is 1. The second kappa shape index (κ2) is 2.84. The van der Waals surface area contributed by atoms with Gasteiger partial charge in [-0.15, -0.1) is 0 Å². The first-order chi connectivity index (χ1) is 1.91. The lowest BCUT2D eigenvalue weighted by atomic mass is 12.4. The molecule has 0 fully saturated rings. The lowest BCUT2D eigenvalue weighted by molar-refractivity contribution is 0.547. The molecule has 0 bridgehead atoms. The molecule has 4 radical (unpaired) electrons. The van der Waals surface area contributed by atoms with E-state index < -0.39 is 0 Å². The van der Waals surface area contributed by atoms with E-state index in [1.165, 1.54) is 0 Å². The van der Waals surface area contributed by atoms with Gasteiger partial charge in [0.2, 0.25) is 0 Å². The molecule has 0 saturated carbocycles. The highest BCUT2D eigenvalue weighted by Crippen LogP contribution is 1.01. The van der Waals surface area contributed by atoms with Crippen LogP contribution in [-0.4, -0.2) is 0 Å². The highest BCUT2D eigenvalue weighted by Gasteiger charge is 1.81. The van der Waals surface area contributed by atoms with E-state index in [2.05, 4.69) is 11.4 Å². The van der Waals surface area contributed by atoms with Crippen LogP contribution in [0.5, 0.6) is 0 Å². The van der Waals surface area contributed by atoms with Crippen molar-refractivity contribution in [3.63, 3.8) is 0 Å². The molecule has 0 saturated heterocycles. The van der Waals surface area contributed by atoms with Crippen molar-refractivity contribution >= 4 is 0 Å². The summed E-state index contributed by atoms with van der Waals surface area (Å²) < 4.78 is 0. The van der Waals surface area contributed by atoms with Gasteiger partial charge in [-0.25, -0.2) is 5.84 Å². The number of rotatable bonds is 1. The molecular weight excluding hydrogens is 56.0 g/mol. The van der Waals surface area contributed by atoms with Crippen molar-refractivity contribution in [1.29, 1.82) is 0 Å². The van der Waals surface area contributed by atoms with Crippen molar-refractivity contribution in [3.8, 4) is 0 Å². The molecule has 4 heteroatoms. The Bertz CT molecular complexity index is 2.00. The van der Waals surface area contributed by atoms with Crippen molar-refractivity contribution in [1.82, 2.24) is 16.9 Å². The second-order valence-electron chi connectivity index (χ2n) is 0.229. The molecule has 0 spiro atoms. The summed E-state index contributed by atoms with van der Waals surface area (Å²) in [6.45, 7) is 0. The van der Waals surface area contributed by atoms with E-state index in [0.29, 0.717) is 0 Å². The summed E-state index contributed by atoms with van der Waals surface area (Å²) in [4.78, 5) is 0. The second-order valence-corrected chi connectivity index (χ2v) is 0.229. The van der Waals surface area contributed by atoms with Crippen molar-refractivity contribution in [3.05, 3.63) is 0 Å². The molecule has 4 nitrogen and oxygen atoms in total. The molecule has 0 aromatic carbocycles. The Morgan fingerprint density at radius 2 is 2.25 bits per heavy atom. The first-order valence-corrected chi connectivity index (χ1v) is 0.712. The number of nitrogens with zero attached hydrogens (tertiary/aromatic N) is 2. The van der Waals surface area contributed by atoms with Gasteiger partial charge in [-0.05, 0) is 0 Å². The minimum absolute atomic E-state index is 1.61. The molecule has 0 unspecified atom stereocenters. The molecule has 0 aliphatic heterocycles. The molecule has 0 amide bonds. The number of hydrazine groups is 1. The van der Waals surface area contributed by atoms with Gasteiger partial charge in [-0.3, -0.25) is 0 Å². The summed E-state index contributed by atoms with van der Waals surface area (Å²) in [5, 5.41) is 0. The maximum atomic E-state index is 7.26. The minimum atomic E-state index is 1.61. The average molecular weight is 59.1 g/mol. The van der Waals surface area contributed by atoms with Crippen molar-refractivity contribution in [2.24, 2.45) is 5.84 Å². The quantitative estimate of drug-likeness (QED) is 0.269. The summed E-state index contributed by atoms with van der Waals surface area (Å²) in [6, 6.07) is 0. The monoisotopic (exact) mass is 59.0 g/mol. The van der Waals surface area contributed by atoms with Gasteiger partial charge in [0.1, 0.15) is 0 Å². The van der Waals surface area contributed by atoms with Gasteiger partial charge in [-0.1, -0.05) is 0 Å². The summed E-state index contributed by atoms with van der Waals surface area (Å²) in [7, 11) is 0. The lowest BCUT2D eigenvalue weighted by Gasteiger charge is -1.50. The van der Waals surface area contributed by atoms with E-state index in [1.807, 2.05) is 0 Å². The van der Waals surface area contributed by atoms with Crippen LogP contribution >= 0.6 is 0 Å². The maximum absolute atomic E-state index is 7.26. The first kappa shape index (κ1) is 3.84. The molecular formula is H3N4+. The molecule has 0 aliphatic carbocycles. The largest absolute Gasteiger partial charge is 0.363 e. The van der Waals surface area contributed by atoms with Gasteiger partial charge in [0.25, 0.3) is 5.84 Å². The number of hydrogen-bond acceptors (Lipinski definition) is 2. The highest BCUT2D eigenvalue weighted by atomic mass is 15.6. The van der Waals surface area contributed by atoms with E-state index in [0.717, 1.165) is 0 Å². The normalized spacial score (nSPS) is 7.50. The molecule has 0 aliphatic rings. The Labute approximate surface area is 24.1 Å². The lowest BCUT2D eigenvalue weighted by Crippen LogP contribution is -2.29. The summed E-state index contributed by atoms with van der Waals surface area (Å²) >= 11 is 0. The van der Waals surface area contributed by atoms with Gasteiger partial charge in [0.15, 0.2) is 0 Å². The zero-order valence-electron chi connectivity index (χ0n) is 1.97. The Morgan fingerprint density at radius 3 is 2.25 bits per heavy atom. The third kappa shape index (κ3) is 1.84. The Morgan fingerprint density at radius 1 is 2.00 bits per heavy atom. The van der Waals surface area contributed by atoms with Crippen molar-refractivity contribution in [2.45, 2.75) is 0 Å².